The first-order chi connectivity index (χ1) is 7.40. The Hall–Kier alpha value is -0.660. The molecule has 0 radical (unpaired) electrons. The van der Waals surface area contributed by atoms with Gasteiger partial charge in [0.05, 0.1) is 0 Å². The third-order valence-electron chi connectivity index (χ3n) is 2.84. The molecule has 0 saturated heterocycles. The summed E-state index contributed by atoms with van der Waals surface area (Å²) in [6.07, 6.45) is 1.07. The van der Waals surface area contributed by atoms with Crippen molar-refractivity contribution in [2.45, 2.75) is 24.5 Å². The smallest absolute Gasteiger partial charge is 0.305 e. The lowest BCUT2D eigenvalue weighted by Crippen LogP contribution is -2.26. The molecule has 1 aliphatic carbocycles. The predicted molar refractivity (Wildman–Crippen MR) is 62.1 cm³/mol. The lowest BCUT2D eigenvalue weighted by Gasteiger charge is -2.04. The monoisotopic (exact) mass is 262 g/mol. The first kappa shape index (κ1) is 11.8. The van der Waals surface area contributed by atoms with E-state index in [2.05, 4.69) is 16.6 Å². The summed E-state index contributed by atoms with van der Waals surface area (Å²) >= 11 is 0.733. The second-order valence-electron chi connectivity index (χ2n) is 4.25. The molecule has 2 unspecified atom stereocenters. The summed E-state index contributed by atoms with van der Waals surface area (Å²) < 4.78 is 26.3. The highest BCUT2D eigenvalue weighted by atomic mass is 32.2. The van der Waals surface area contributed by atoms with E-state index in [1.165, 1.54) is 0 Å². The van der Waals surface area contributed by atoms with Crippen molar-refractivity contribution in [1.82, 2.24) is 9.71 Å². The van der Waals surface area contributed by atoms with Crippen LogP contribution in [0.2, 0.25) is 0 Å². The van der Waals surface area contributed by atoms with E-state index in [1.54, 1.807) is 6.92 Å². The minimum atomic E-state index is -3.51. The highest BCUT2D eigenvalue weighted by molar-refractivity contribution is 7.91. The highest BCUT2D eigenvalue weighted by Crippen LogP contribution is 2.37. The number of nitrogens with one attached hydrogen (secondary N) is 2. The molecule has 0 aromatic carbocycles. The van der Waals surface area contributed by atoms with Crippen LogP contribution in [0.4, 0.5) is 0 Å². The second-order valence-corrected chi connectivity index (χ2v) is 7.20. The van der Waals surface area contributed by atoms with E-state index in [9.17, 15) is 13.2 Å². The largest absolute Gasteiger partial charge is 0.315 e. The Bertz CT molecular complexity index is 543. The van der Waals surface area contributed by atoms with Gasteiger partial charge in [0.15, 0.2) is 4.21 Å². The molecule has 1 aromatic rings. The van der Waals surface area contributed by atoms with Gasteiger partial charge < -0.3 is 4.98 Å². The number of aromatic amines is 1. The molecule has 2 rings (SSSR count). The van der Waals surface area contributed by atoms with E-state index in [0.29, 0.717) is 24.1 Å². The SMILES string of the molecule is Cc1[nH]c(=O)sc1S(=O)(=O)NCC1CC1C. The number of sulfonamides is 1. The molecular formula is C9H14N2O3S2. The van der Waals surface area contributed by atoms with Crippen molar-refractivity contribution >= 4 is 21.4 Å². The Morgan fingerprint density at radius 2 is 2.19 bits per heavy atom. The van der Waals surface area contributed by atoms with Crippen LogP contribution in [0.25, 0.3) is 0 Å². The Morgan fingerprint density at radius 1 is 1.56 bits per heavy atom. The highest BCUT2D eigenvalue weighted by Gasteiger charge is 2.33. The minimum absolute atomic E-state index is 0.103. The number of hydrogen-bond donors (Lipinski definition) is 2. The molecule has 0 spiro atoms. The number of thiazole rings is 1. The van der Waals surface area contributed by atoms with Crippen LogP contribution in [-0.4, -0.2) is 19.9 Å². The fourth-order valence-corrected chi connectivity index (χ4v) is 4.05. The topological polar surface area (TPSA) is 79.0 Å². The van der Waals surface area contributed by atoms with Crippen LogP contribution >= 0.6 is 11.3 Å². The van der Waals surface area contributed by atoms with Gasteiger partial charge >= 0.3 is 4.87 Å². The summed E-state index contributed by atoms with van der Waals surface area (Å²) in [5.74, 6) is 1.06. The molecule has 1 fully saturated rings. The molecule has 0 aliphatic heterocycles. The number of aryl methyl sites for hydroxylation is 1. The van der Waals surface area contributed by atoms with Gasteiger partial charge in [-0.25, -0.2) is 13.1 Å². The third kappa shape index (κ3) is 2.36. The van der Waals surface area contributed by atoms with E-state index in [0.717, 1.165) is 17.8 Å². The van der Waals surface area contributed by atoms with E-state index in [-0.39, 0.29) is 9.08 Å². The minimum Gasteiger partial charge on any atom is -0.315 e. The fourth-order valence-electron chi connectivity index (χ4n) is 1.61. The molecule has 5 nitrogen and oxygen atoms in total. The summed E-state index contributed by atoms with van der Waals surface area (Å²) in [6, 6.07) is 0. The molecule has 1 heterocycles. The zero-order chi connectivity index (χ0) is 11.9. The van der Waals surface area contributed by atoms with Gasteiger partial charge in [0.1, 0.15) is 0 Å². The summed E-state index contributed by atoms with van der Waals surface area (Å²) in [5, 5.41) is 0. The first-order valence-corrected chi connectivity index (χ1v) is 7.39. The maximum atomic E-state index is 11.8. The number of hydrogen-bond acceptors (Lipinski definition) is 4. The Morgan fingerprint density at radius 3 is 2.62 bits per heavy atom. The standard InChI is InChI=1S/C9H14N2O3S2/c1-5-3-7(5)4-10-16(13,14)8-6(2)11-9(12)15-8/h5,7,10H,3-4H2,1-2H3,(H,11,12). The zero-order valence-corrected chi connectivity index (χ0v) is 10.7. The summed E-state index contributed by atoms with van der Waals surface area (Å²) in [6.45, 7) is 4.15. The maximum Gasteiger partial charge on any atom is 0.305 e. The first-order valence-electron chi connectivity index (χ1n) is 5.09. The Kier molecular flexibility index (Phi) is 2.93. The molecule has 90 valence electrons. The van der Waals surface area contributed by atoms with Crippen molar-refractivity contribution in [3.8, 4) is 0 Å². The number of H-pyrrole nitrogens is 1. The van der Waals surface area contributed by atoms with Gasteiger partial charge in [0.25, 0.3) is 10.0 Å². The molecule has 1 aliphatic rings. The molecule has 2 atom stereocenters. The lowest BCUT2D eigenvalue weighted by molar-refractivity contribution is 0.576. The van der Waals surface area contributed by atoms with Gasteiger partial charge in [-0.3, -0.25) is 4.79 Å². The molecule has 2 N–H and O–H groups in total. The maximum absolute atomic E-state index is 11.8. The molecule has 16 heavy (non-hydrogen) atoms. The van der Waals surface area contributed by atoms with Gasteiger partial charge in [0.2, 0.25) is 0 Å². The second kappa shape index (κ2) is 3.97. The average molecular weight is 262 g/mol. The number of rotatable bonds is 4. The lowest BCUT2D eigenvalue weighted by atomic mass is 10.3. The van der Waals surface area contributed by atoms with Crippen molar-refractivity contribution in [2.75, 3.05) is 6.54 Å². The van der Waals surface area contributed by atoms with E-state index < -0.39 is 10.0 Å². The average Bonchev–Trinajstić information content (AvgIpc) is 2.76. The third-order valence-corrected chi connectivity index (χ3v) is 5.87. The molecule has 7 heteroatoms. The summed E-state index contributed by atoms with van der Waals surface area (Å²) in [4.78, 5) is 13.2. The van der Waals surface area contributed by atoms with Crippen molar-refractivity contribution in [1.29, 1.82) is 0 Å². The number of aromatic nitrogens is 1. The Labute approximate surface area is 97.9 Å². The Balaban J connectivity index is 2.12. The van der Waals surface area contributed by atoms with Crippen LogP contribution in [0.1, 0.15) is 19.0 Å². The van der Waals surface area contributed by atoms with E-state index >= 15 is 0 Å². The quantitative estimate of drug-likeness (QED) is 0.837. The van der Waals surface area contributed by atoms with Crippen molar-refractivity contribution in [3.05, 3.63) is 15.4 Å². The van der Waals surface area contributed by atoms with E-state index in [1.807, 2.05) is 0 Å². The van der Waals surface area contributed by atoms with Gasteiger partial charge in [0, 0.05) is 12.2 Å². The van der Waals surface area contributed by atoms with Crippen LogP contribution in [0.15, 0.2) is 9.00 Å². The fraction of sp³-hybridized carbons (Fsp3) is 0.667. The van der Waals surface area contributed by atoms with E-state index in [4.69, 9.17) is 0 Å². The molecule has 0 bridgehead atoms. The van der Waals surface area contributed by atoms with Crippen molar-refractivity contribution in [2.24, 2.45) is 11.8 Å². The molecule has 1 saturated carbocycles. The van der Waals surface area contributed by atoms with Crippen LogP contribution < -0.4 is 9.60 Å². The summed E-state index contributed by atoms with van der Waals surface area (Å²) in [5.41, 5.74) is 0.409. The van der Waals surface area contributed by atoms with Gasteiger partial charge in [-0.2, -0.15) is 0 Å². The van der Waals surface area contributed by atoms with Crippen LogP contribution in [0.5, 0.6) is 0 Å². The molecular weight excluding hydrogens is 248 g/mol. The van der Waals surface area contributed by atoms with Crippen LogP contribution in [-0.2, 0) is 10.0 Å². The van der Waals surface area contributed by atoms with Gasteiger partial charge in [-0.05, 0) is 25.2 Å². The van der Waals surface area contributed by atoms with Crippen molar-refractivity contribution in [3.63, 3.8) is 0 Å². The normalized spacial score (nSPS) is 24.6. The van der Waals surface area contributed by atoms with Gasteiger partial charge in [-0.15, -0.1) is 0 Å². The van der Waals surface area contributed by atoms with Gasteiger partial charge in [-0.1, -0.05) is 18.3 Å². The summed E-state index contributed by atoms with van der Waals surface area (Å²) in [7, 11) is -3.51. The zero-order valence-electron chi connectivity index (χ0n) is 9.11. The van der Waals surface area contributed by atoms with Crippen molar-refractivity contribution < 1.29 is 8.42 Å². The van der Waals surface area contributed by atoms with Crippen LogP contribution in [0, 0.1) is 18.8 Å². The molecule has 0 amide bonds. The van der Waals surface area contributed by atoms with Crippen LogP contribution in [0.3, 0.4) is 0 Å². The predicted octanol–water partition coefficient (Wildman–Crippen LogP) is 0.679. The molecule has 1 aromatic heterocycles.